The number of hydrogen-bond donors (Lipinski definition) is 1. The van der Waals surface area contributed by atoms with E-state index in [1.165, 1.54) is 6.07 Å². The lowest BCUT2D eigenvalue weighted by molar-refractivity contribution is 0.315. The highest BCUT2D eigenvalue weighted by molar-refractivity contribution is 7.89. The monoisotopic (exact) mass is 307 g/mol. The summed E-state index contributed by atoms with van der Waals surface area (Å²) in [6.45, 7) is 2.00. The fourth-order valence-electron chi connectivity index (χ4n) is 1.97. The van der Waals surface area contributed by atoms with E-state index in [2.05, 4.69) is 24.8 Å². The lowest BCUT2D eigenvalue weighted by Gasteiger charge is -2.05. The van der Waals surface area contributed by atoms with E-state index in [0.717, 1.165) is 5.69 Å². The van der Waals surface area contributed by atoms with Gasteiger partial charge in [-0.3, -0.25) is 4.68 Å². The summed E-state index contributed by atoms with van der Waals surface area (Å²) >= 11 is 0. The predicted molar refractivity (Wildman–Crippen MR) is 73.8 cm³/mol. The van der Waals surface area contributed by atoms with Crippen LogP contribution in [0.1, 0.15) is 11.4 Å². The van der Waals surface area contributed by atoms with Crippen LogP contribution in [0.3, 0.4) is 0 Å². The third kappa shape index (κ3) is 2.52. The number of aryl methyl sites for hydroxylation is 2. The molecule has 0 amide bonds. The number of fused-ring (bicyclic) bond motifs is 1. The fraction of sp³-hybridized carbons (Fsp3) is 0.250. The molecule has 2 heterocycles. The van der Waals surface area contributed by atoms with E-state index >= 15 is 0 Å². The molecule has 1 N–H and O–H groups in total. The molecule has 21 heavy (non-hydrogen) atoms. The minimum absolute atomic E-state index is 0.0360. The average Bonchev–Trinajstić information content (AvgIpc) is 3.03. The van der Waals surface area contributed by atoms with E-state index in [-0.39, 0.29) is 17.0 Å². The summed E-state index contributed by atoms with van der Waals surface area (Å²) in [6.07, 6.45) is 0. The molecule has 110 valence electrons. The molecule has 0 saturated heterocycles. The van der Waals surface area contributed by atoms with Gasteiger partial charge in [-0.1, -0.05) is 6.07 Å². The van der Waals surface area contributed by atoms with E-state index in [4.69, 9.17) is 0 Å². The molecule has 0 fully saturated rings. The summed E-state index contributed by atoms with van der Waals surface area (Å²) in [7, 11) is -1.92. The third-order valence-corrected chi connectivity index (χ3v) is 4.58. The second-order valence-electron chi connectivity index (χ2n) is 4.61. The van der Waals surface area contributed by atoms with Gasteiger partial charge in [0.15, 0.2) is 5.52 Å². The van der Waals surface area contributed by atoms with Crippen molar-refractivity contribution >= 4 is 21.1 Å². The van der Waals surface area contributed by atoms with E-state index in [1.807, 2.05) is 13.0 Å². The first-order valence-corrected chi connectivity index (χ1v) is 7.66. The van der Waals surface area contributed by atoms with Crippen LogP contribution in [-0.2, 0) is 23.6 Å². The topological polar surface area (TPSA) is 103 Å². The van der Waals surface area contributed by atoms with Crippen molar-refractivity contribution in [2.45, 2.75) is 18.4 Å². The lowest BCUT2D eigenvalue weighted by Crippen LogP contribution is -2.23. The van der Waals surface area contributed by atoms with Gasteiger partial charge in [-0.05, 0) is 35.4 Å². The van der Waals surface area contributed by atoms with Gasteiger partial charge in [0.1, 0.15) is 10.4 Å². The highest BCUT2D eigenvalue weighted by Crippen LogP contribution is 2.19. The molecule has 8 nitrogen and oxygen atoms in total. The minimum Gasteiger partial charge on any atom is -0.273 e. The second-order valence-corrected chi connectivity index (χ2v) is 6.35. The first-order chi connectivity index (χ1) is 9.97. The molecule has 2 aromatic heterocycles. The van der Waals surface area contributed by atoms with Crippen LogP contribution < -0.4 is 4.72 Å². The normalized spacial score (nSPS) is 12.1. The number of aromatic nitrogens is 4. The molecular weight excluding hydrogens is 294 g/mol. The van der Waals surface area contributed by atoms with Crippen LogP contribution >= 0.6 is 0 Å². The van der Waals surface area contributed by atoms with Gasteiger partial charge in [0.05, 0.1) is 12.2 Å². The Balaban J connectivity index is 1.88. The Hall–Kier alpha value is -2.26. The molecule has 0 aliphatic rings. The van der Waals surface area contributed by atoms with Crippen molar-refractivity contribution < 1.29 is 13.0 Å². The van der Waals surface area contributed by atoms with Crippen molar-refractivity contribution in [1.82, 2.24) is 24.8 Å². The Kier molecular flexibility index (Phi) is 3.22. The smallest absolute Gasteiger partial charge is 0.243 e. The molecule has 0 atom stereocenters. The van der Waals surface area contributed by atoms with Crippen molar-refractivity contribution in [1.29, 1.82) is 0 Å². The maximum Gasteiger partial charge on any atom is 0.243 e. The van der Waals surface area contributed by atoms with E-state index in [1.54, 1.807) is 23.9 Å². The largest absolute Gasteiger partial charge is 0.273 e. The number of hydrogen-bond acceptors (Lipinski definition) is 6. The molecular formula is C12H13N5O3S. The van der Waals surface area contributed by atoms with Gasteiger partial charge in [-0.15, -0.1) is 0 Å². The van der Waals surface area contributed by atoms with Gasteiger partial charge < -0.3 is 0 Å². The number of sulfonamides is 1. The summed E-state index contributed by atoms with van der Waals surface area (Å²) in [5.41, 5.74) is 2.20. The van der Waals surface area contributed by atoms with Gasteiger partial charge in [-0.25, -0.2) is 17.8 Å². The molecule has 3 aromatic rings. The molecule has 9 heteroatoms. The third-order valence-electron chi connectivity index (χ3n) is 3.15. The van der Waals surface area contributed by atoms with Crippen molar-refractivity contribution in [3.63, 3.8) is 0 Å². The maximum absolute atomic E-state index is 12.4. The van der Waals surface area contributed by atoms with Crippen LogP contribution in [0, 0.1) is 6.92 Å². The van der Waals surface area contributed by atoms with Crippen molar-refractivity contribution in [2.24, 2.45) is 7.05 Å². The Bertz CT molecular complexity index is 877. The zero-order valence-corrected chi connectivity index (χ0v) is 12.3. The van der Waals surface area contributed by atoms with Gasteiger partial charge >= 0.3 is 0 Å². The zero-order valence-electron chi connectivity index (χ0n) is 11.4. The molecule has 0 radical (unpaired) electrons. The summed E-state index contributed by atoms with van der Waals surface area (Å²) in [6, 6.07) is 6.50. The van der Waals surface area contributed by atoms with Gasteiger partial charge in [-0.2, -0.15) is 5.10 Å². The Labute approximate surface area is 120 Å². The molecule has 0 bridgehead atoms. The molecule has 0 aliphatic heterocycles. The standard InChI is InChI=1S/C12H13N5O3S/c1-8-6-9(14-17(8)2)7-13-21(18,19)11-5-3-4-10-12(11)16-20-15-10/h3-6,13H,7H2,1-2H3. The quantitative estimate of drug-likeness (QED) is 0.762. The van der Waals surface area contributed by atoms with E-state index < -0.39 is 10.0 Å². The number of rotatable bonds is 4. The zero-order chi connectivity index (χ0) is 15.0. The minimum atomic E-state index is -3.72. The highest BCUT2D eigenvalue weighted by atomic mass is 32.2. The van der Waals surface area contributed by atoms with Crippen molar-refractivity contribution in [2.75, 3.05) is 0 Å². The van der Waals surface area contributed by atoms with Crippen LogP contribution in [0.4, 0.5) is 0 Å². The van der Waals surface area contributed by atoms with Crippen LogP contribution in [0.15, 0.2) is 33.8 Å². The number of nitrogens with zero attached hydrogens (tertiary/aromatic N) is 4. The Morgan fingerprint density at radius 1 is 1.33 bits per heavy atom. The van der Waals surface area contributed by atoms with E-state index in [0.29, 0.717) is 11.2 Å². The van der Waals surface area contributed by atoms with Crippen molar-refractivity contribution in [3.05, 3.63) is 35.7 Å². The molecule has 0 unspecified atom stereocenters. The first kappa shape index (κ1) is 13.7. The van der Waals surface area contributed by atoms with Crippen LogP contribution in [0.2, 0.25) is 0 Å². The summed E-state index contributed by atoms with van der Waals surface area (Å²) in [4.78, 5) is 0.0360. The van der Waals surface area contributed by atoms with Gasteiger partial charge in [0.2, 0.25) is 10.0 Å². The lowest BCUT2D eigenvalue weighted by atomic mass is 10.3. The summed E-state index contributed by atoms with van der Waals surface area (Å²) in [5, 5.41) is 11.5. The number of benzene rings is 1. The summed E-state index contributed by atoms with van der Waals surface area (Å²) in [5.74, 6) is 0. The van der Waals surface area contributed by atoms with E-state index in [9.17, 15) is 8.42 Å². The Morgan fingerprint density at radius 2 is 2.14 bits per heavy atom. The van der Waals surface area contributed by atoms with Gasteiger partial charge in [0.25, 0.3) is 0 Å². The highest BCUT2D eigenvalue weighted by Gasteiger charge is 2.20. The average molecular weight is 307 g/mol. The fourth-order valence-corrected chi connectivity index (χ4v) is 3.11. The molecule has 0 spiro atoms. The first-order valence-electron chi connectivity index (χ1n) is 6.18. The SMILES string of the molecule is Cc1cc(CNS(=O)(=O)c2cccc3nonc23)nn1C. The predicted octanol–water partition coefficient (Wildman–Crippen LogP) is 0.743. The molecule has 0 aliphatic carbocycles. The van der Waals surface area contributed by atoms with Crippen LogP contribution in [0.25, 0.3) is 11.0 Å². The second kappa shape index (κ2) is 4.93. The molecule has 3 rings (SSSR count). The van der Waals surface area contributed by atoms with Crippen LogP contribution in [-0.4, -0.2) is 28.5 Å². The Morgan fingerprint density at radius 3 is 2.86 bits per heavy atom. The molecule has 1 aromatic carbocycles. The maximum atomic E-state index is 12.4. The number of nitrogens with one attached hydrogen (secondary N) is 1. The van der Waals surface area contributed by atoms with Crippen molar-refractivity contribution in [3.8, 4) is 0 Å². The molecule has 0 saturated carbocycles. The summed E-state index contributed by atoms with van der Waals surface area (Å²) < 4.78 is 33.5. The van der Waals surface area contributed by atoms with Crippen LogP contribution in [0.5, 0.6) is 0 Å². The van der Waals surface area contributed by atoms with Gasteiger partial charge in [0, 0.05) is 12.7 Å².